The van der Waals surface area contributed by atoms with Gasteiger partial charge in [-0.25, -0.2) is 8.42 Å². The Hall–Kier alpha value is -2.50. The first kappa shape index (κ1) is 17.9. The van der Waals surface area contributed by atoms with Crippen molar-refractivity contribution >= 4 is 33.0 Å². The molecule has 1 heterocycles. The zero-order chi connectivity index (χ0) is 19.0. The molecule has 0 radical (unpaired) electrons. The summed E-state index contributed by atoms with van der Waals surface area (Å²) in [6.45, 7) is 2.24. The third-order valence-electron chi connectivity index (χ3n) is 4.71. The third-order valence-corrected chi connectivity index (χ3v) is 6.73. The SMILES string of the molecule is Cc1ccc(S(=O)(=O)N2CC(Nc3ccccc3)c3cc(Cl)ccc32)cc1. The predicted molar refractivity (Wildman–Crippen MR) is 110 cm³/mol. The highest BCUT2D eigenvalue weighted by Crippen LogP contribution is 2.41. The molecule has 1 atom stereocenters. The van der Waals surface area contributed by atoms with Gasteiger partial charge in [0, 0.05) is 16.3 Å². The maximum atomic E-state index is 13.3. The van der Waals surface area contributed by atoms with Gasteiger partial charge in [-0.15, -0.1) is 0 Å². The van der Waals surface area contributed by atoms with Crippen LogP contribution in [0.5, 0.6) is 0 Å². The zero-order valence-electron chi connectivity index (χ0n) is 14.8. The lowest BCUT2D eigenvalue weighted by atomic mass is 10.1. The highest BCUT2D eigenvalue weighted by atomic mass is 35.5. The van der Waals surface area contributed by atoms with Crippen LogP contribution in [0, 0.1) is 6.92 Å². The number of rotatable bonds is 4. The molecule has 0 aliphatic carbocycles. The fourth-order valence-corrected chi connectivity index (χ4v) is 5.00. The van der Waals surface area contributed by atoms with E-state index < -0.39 is 10.0 Å². The Morgan fingerprint density at radius 2 is 1.70 bits per heavy atom. The summed E-state index contributed by atoms with van der Waals surface area (Å²) in [6, 6.07) is 21.8. The number of para-hydroxylation sites is 1. The molecule has 0 bridgehead atoms. The lowest BCUT2D eigenvalue weighted by Crippen LogP contribution is -2.31. The Bertz CT molecular complexity index is 1070. The molecule has 0 spiro atoms. The number of halogens is 1. The van der Waals surface area contributed by atoms with E-state index in [0.29, 0.717) is 17.3 Å². The number of aryl methyl sites for hydroxylation is 1. The maximum absolute atomic E-state index is 13.3. The van der Waals surface area contributed by atoms with Crippen molar-refractivity contribution in [3.8, 4) is 0 Å². The van der Waals surface area contributed by atoms with Gasteiger partial charge in [-0.1, -0.05) is 47.5 Å². The van der Waals surface area contributed by atoms with Crippen LogP contribution >= 0.6 is 11.6 Å². The number of nitrogens with one attached hydrogen (secondary N) is 1. The second-order valence-corrected chi connectivity index (χ2v) is 8.91. The Morgan fingerprint density at radius 1 is 1.00 bits per heavy atom. The monoisotopic (exact) mass is 398 g/mol. The Balaban J connectivity index is 1.74. The van der Waals surface area contributed by atoms with Gasteiger partial charge in [0.25, 0.3) is 10.0 Å². The predicted octanol–water partition coefficient (Wildman–Crippen LogP) is 5.01. The summed E-state index contributed by atoms with van der Waals surface area (Å²) in [5, 5.41) is 4.01. The average molecular weight is 399 g/mol. The van der Waals surface area contributed by atoms with Gasteiger partial charge >= 0.3 is 0 Å². The average Bonchev–Trinajstić information content (AvgIpc) is 3.01. The van der Waals surface area contributed by atoms with Crippen LogP contribution in [0.2, 0.25) is 5.02 Å². The first-order valence-electron chi connectivity index (χ1n) is 8.65. The number of anilines is 2. The minimum Gasteiger partial charge on any atom is -0.376 e. The van der Waals surface area contributed by atoms with Crippen molar-refractivity contribution in [2.45, 2.75) is 17.9 Å². The highest BCUT2D eigenvalue weighted by molar-refractivity contribution is 7.92. The molecule has 138 valence electrons. The van der Waals surface area contributed by atoms with E-state index in [1.165, 1.54) is 4.31 Å². The van der Waals surface area contributed by atoms with E-state index in [-0.39, 0.29) is 10.9 Å². The van der Waals surface area contributed by atoms with Gasteiger partial charge in [0.15, 0.2) is 0 Å². The number of fused-ring (bicyclic) bond motifs is 1. The summed E-state index contributed by atoms with van der Waals surface area (Å²) in [5.74, 6) is 0. The van der Waals surface area contributed by atoms with Crippen molar-refractivity contribution in [1.29, 1.82) is 0 Å². The topological polar surface area (TPSA) is 49.4 Å². The van der Waals surface area contributed by atoms with Crippen molar-refractivity contribution in [3.05, 3.63) is 88.9 Å². The van der Waals surface area contributed by atoms with Gasteiger partial charge in [0.05, 0.1) is 23.2 Å². The van der Waals surface area contributed by atoms with Crippen molar-refractivity contribution < 1.29 is 8.42 Å². The summed E-state index contributed by atoms with van der Waals surface area (Å²) in [5.41, 5.74) is 3.49. The van der Waals surface area contributed by atoms with Crippen molar-refractivity contribution in [2.24, 2.45) is 0 Å². The molecule has 3 aromatic rings. The molecule has 4 nitrogen and oxygen atoms in total. The van der Waals surface area contributed by atoms with Crippen LogP contribution in [-0.2, 0) is 10.0 Å². The van der Waals surface area contributed by atoms with E-state index in [1.54, 1.807) is 24.3 Å². The molecule has 0 aromatic heterocycles. The molecule has 1 aliphatic rings. The molecule has 1 unspecified atom stereocenters. The van der Waals surface area contributed by atoms with Crippen molar-refractivity contribution in [2.75, 3.05) is 16.2 Å². The molecule has 0 saturated heterocycles. The van der Waals surface area contributed by atoms with Crippen LogP contribution in [-0.4, -0.2) is 15.0 Å². The molecular weight excluding hydrogens is 380 g/mol. The minimum atomic E-state index is -3.66. The number of hydrogen-bond acceptors (Lipinski definition) is 3. The number of benzene rings is 3. The first-order valence-corrected chi connectivity index (χ1v) is 10.5. The van der Waals surface area contributed by atoms with Crippen LogP contribution in [0.15, 0.2) is 77.7 Å². The molecule has 3 aromatic carbocycles. The summed E-state index contributed by atoms with van der Waals surface area (Å²) in [4.78, 5) is 0.286. The first-order chi connectivity index (χ1) is 12.9. The van der Waals surface area contributed by atoms with Crippen LogP contribution in [0.3, 0.4) is 0 Å². The zero-order valence-corrected chi connectivity index (χ0v) is 16.3. The number of nitrogens with zero attached hydrogens (tertiary/aromatic N) is 1. The minimum absolute atomic E-state index is 0.179. The van der Waals surface area contributed by atoms with Gasteiger partial charge in [-0.05, 0) is 49.4 Å². The second kappa shape index (κ2) is 6.91. The van der Waals surface area contributed by atoms with Crippen molar-refractivity contribution in [1.82, 2.24) is 0 Å². The van der Waals surface area contributed by atoms with E-state index in [2.05, 4.69) is 5.32 Å². The van der Waals surface area contributed by atoms with Gasteiger partial charge < -0.3 is 5.32 Å². The fourth-order valence-electron chi connectivity index (χ4n) is 3.32. The lowest BCUT2D eigenvalue weighted by Gasteiger charge is -2.20. The lowest BCUT2D eigenvalue weighted by molar-refractivity contribution is 0.590. The summed E-state index contributed by atoms with van der Waals surface area (Å²) >= 11 is 6.19. The molecule has 1 N–H and O–H groups in total. The molecule has 4 rings (SSSR count). The van der Waals surface area contributed by atoms with Crippen LogP contribution in [0.25, 0.3) is 0 Å². The third kappa shape index (κ3) is 3.40. The van der Waals surface area contributed by atoms with Crippen molar-refractivity contribution in [3.63, 3.8) is 0 Å². The van der Waals surface area contributed by atoms with Gasteiger partial charge in [-0.3, -0.25) is 4.31 Å². The summed E-state index contributed by atoms with van der Waals surface area (Å²) in [7, 11) is -3.66. The van der Waals surface area contributed by atoms with Gasteiger partial charge in [-0.2, -0.15) is 0 Å². The van der Waals surface area contributed by atoms with E-state index in [4.69, 9.17) is 11.6 Å². The molecule has 27 heavy (non-hydrogen) atoms. The Morgan fingerprint density at radius 3 is 2.41 bits per heavy atom. The molecule has 1 aliphatic heterocycles. The molecule has 0 amide bonds. The highest BCUT2D eigenvalue weighted by Gasteiger charge is 2.36. The maximum Gasteiger partial charge on any atom is 0.264 e. The summed E-state index contributed by atoms with van der Waals surface area (Å²) < 4.78 is 28.0. The van der Waals surface area contributed by atoms with Crippen LogP contribution in [0.1, 0.15) is 17.2 Å². The molecular formula is C21H19ClN2O2S. The summed E-state index contributed by atoms with van der Waals surface area (Å²) in [6.07, 6.45) is 0. The Labute approximate surface area is 164 Å². The Kier molecular flexibility index (Phi) is 4.58. The van der Waals surface area contributed by atoms with Gasteiger partial charge in [0.2, 0.25) is 0 Å². The quantitative estimate of drug-likeness (QED) is 0.672. The molecule has 6 heteroatoms. The van der Waals surface area contributed by atoms with E-state index in [1.807, 2.05) is 55.5 Å². The van der Waals surface area contributed by atoms with E-state index >= 15 is 0 Å². The van der Waals surface area contributed by atoms with Crippen LogP contribution < -0.4 is 9.62 Å². The largest absolute Gasteiger partial charge is 0.376 e. The fraction of sp³-hybridized carbons (Fsp3) is 0.143. The number of sulfonamides is 1. The van der Waals surface area contributed by atoms with Crippen LogP contribution in [0.4, 0.5) is 11.4 Å². The normalized spacial score (nSPS) is 16.2. The molecule has 0 saturated carbocycles. The van der Waals surface area contributed by atoms with Gasteiger partial charge in [0.1, 0.15) is 0 Å². The van der Waals surface area contributed by atoms with E-state index in [9.17, 15) is 8.42 Å². The standard InChI is InChI=1S/C21H19ClN2O2S/c1-15-7-10-18(11-8-15)27(25,26)24-14-20(23-17-5-3-2-4-6-17)19-13-16(22)9-12-21(19)24/h2-13,20,23H,14H2,1H3. The smallest absolute Gasteiger partial charge is 0.264 e. The van der Waals surface area contributed by atoms with E-state index in [0.717, 1.165) is 16.8 Å². The molecule has 0 fully saturated rings. The second-order valence-electron chi connectivity index (χ2n) is 6.62. The number of hydrogen-bond donors (Lipinski definition) is 1.